The van der Waals surface area contributed by atoms with Crippen molar-refractivity contribution in [2.75, 3.05) is 21.2 Å². The largest absolute Gasteiger partial charge is 0.496 e. The van der Waals surface area contributed by atoms with E-state index in [0.717, 1.165) is 4.90 Å². The minimum absolute atomic E-state index is 0.228. The summed E-state index contributed by atoms with van der Waals surface area (Å²) in [6.07, 6.45) is 2.96. The maximum absolute atomic E-state index is 12.7. The normalized spacial score (nSPS) is 19.3. The number of carbonyl (C=O) groups is 3. The molecule has 0 aliphatic carbocycles. The van der Waals surface area contributed by atoms with Gasteiger partial charge >= 0.3 is 11.9 Å². The molecule has 0 radical (unpaired) electrons. The van der Waals surface area contributed by atoms with Crippen LogP contribution in [0.2, 0.25) is 5.02 Å². The number of rotatable bonds is 3. The zero-order valence-electron chi connectivity index (χ0n) is 14.3. The molecule has 0 aromatic heterocycles. The van der Waals surface area contributed by atoms with Gasteiger partial charge in [-0.05, 0) is 24.3 Å². The van der Waals surface area contributed by atoms with E-state index in [1.807, 2.05) is 0 Å². The average molecular weight is 376 g/mol. The highest BCUT2D eigenvalue weighted by atomic mass is 35.5. The van der Waals surface area contributed by atoms with Gasteiger partial charge in [-0.25, -0.2) is 4.79 Å². The van der Waals surface area contributed by atoms with Crippen LogP contribution in [0, 0.1) is 5.92 Å². The molecule has 9 heteroatoms. The Labute approximate surface area is 154 Å². The second-order valence-corrected chi connectivity index (χ2v) is 6.17. The van der Waals surface area contributed by atoms with E-state index in [1.54, 1.807) is 12.1 Å². The highest BCUT2D eigenvalue weighted by Gasteiger charge is 2.47. The van der Waals surface area contributed by atoms with Gasteiger partial charge in [-0.15, -0.1) is 4.99 Å². The fourth-order valence-electron chi connectivity index (χ4n) is 2.81. The summed E-state index contributed by atoms with van der Waals surface area (Å²) in [5, 5.41) is 3.08. The number of amidine groups is 1. The monoisotopic (exact) mass is 375 g/mol. The Morgan fingerprint density at radius 2 is 2.12 bits per heavy atom. The number of allylic oxidation sites excluding steroid dienone is 1. The van der Waals surface area contributed by atoms with E-state index >= 15 is 0 Å². The lowest BCUT2D eigenvalue weighted by Crippen LogP contribution is -2.54. The van der Waals surface area contributed by atoms with Crippen LogP contribution in [-0.2, 0) is 4.79 Å². The van der Waals surface area contributed by atoms with Crippen LogP contribution in [0.4, 0.5) is 4.79 Å². The zero-order valence-corrected chi connectivity index (χ0v) is 15.1. The SMILES string of the molecule is COc1ccc(Cl)cc1C(=O)NC1=CC=NC2=[N+](C)C(=O)N(C)C(=O)C12. The van der Waals surface area contributed by atoms with Gasteiger partial charge < -0.3 is 10.1 Å². The summed E-state index contributed by atoms with van der Waals surface area (Å²) >= 11 is 5.97. The van der Waals surface area contributed by atoms with Crippen molar-refractivity contribution in [1.29, 1.82) is 0 Å². The highest BCUT2D eigenvalue weighted by molar-refractivity contribution is 6.31. The molecule has 134 valence electrons. The quantitative estimate of drug-likeness (QED) is 0.806. The Hall–Kier alpha value is -3.00. The molecule has 3 rings (SSSR count). The maximum Gasteiger partial charge on any atom is 0.445 e. The molecule has 1 atom stereocenters. The molecule has 8 nitrogen and oxygen atoms in total. The van der Waals surface area contributed by atoms with Crippen molar-refractivity contribution in [3.8, 4) is 5.75 Å². The first-order valence-electron chi connectivity index (χ1n) is 7.66. The minimum atomic E-state index is -0.873. The molecule has 0 spiro atoms. The van der Waals surface area contributed by atoms with Crippen molar-refractivity contribution in [3.05, 3.63) is 40.6 Å². The Morgan fingerprint density at radius 1 is 1.38 bits per heavy atom. The molecule has 1 aromatic carbocycles. The van der Waals surface area contributed by atoms with Gasteiger partial charge in [-0.2, -0.15) is 9.48 Å². The second kappa shape index (κ2) is 6.72. The summed E-state index contributed by atoms with van der Waals surface area (Å²) < 4.78 is 6.47. The molecule has 2 heterocycles. The molecular formula is C17H16ClN4O4+. The van der Waals surface area contributed by atoms with Gasteiger partial charge in [0.25, 0.3) is 11.7 Å². The third kappa shape index (κ3) is 2.88. The summed E-state index contributed by atoms with van der Waals surface area (Å²) in [7, 11) is 4.35. The van der Waals surface area contributed by atoms with E-state index < -0.39 is 23.8 Å². The van der Waals surface area contributed by atoms with Gasteiger partial charge in [0, 0.05) is 10.7 Å². The van der Waals surface area contributed by atoms with Crippen molar-refractivity contribution in [2.45, 2.75) is 0 Å². The number of nitrogens with one attached hydrogen (secondary N) is 1. The number of aliphatic imine (C=N–C) groups is 1. The van der Waals surface area contributed by atoms with Crippen LogP contribution in [0.25, 0.3) is 0 Å². The van der Waals surface area contributed by atoms with Crippen molar-refractivity contribution >= 4 is 41.5 Å². The fraction of sp³-hybridized carbons (Fsp3) is 0.235. The number of fused-ring (bicyclic) bond motifs is 1. The topological polar surface area (TPSA) is 91.1 Å². The van der Waals surface area contributed by atoms with Crippen molar-refractivity contribution in [3.63, 3.8) is 0 Å². The zero-order chi connectivity index (χ0) is 19.0. The van der Waals surface area contributed by atoms with Gasteiger partial charge in [-0.3, -0.25) is 9.59 Å². The lowest BCUT2D eigenvalue weighted by molar-refractivity contribution is -0.407. The van der Waals surface area contributed by atoms with Gasteiger partial charge in [0.15, 0.2) is 5.92 Å². The number of hydrogen-bond donors (Lipinski definition) is 1. The summed E-state index contributed by atoms with van der Waals surface area (Å²) in [4.78, 5) is 42.4. The maximum atomic E-state index is 12.7. The number of hydrogen-bond acceptors (Lipinski definition) is 5. The van der Waals surface area contributed by atoms with Crippen LogP contribution in [0.3, 0.4) is 0 Å². The van der Waals surface area contributed by atoms with Gasteiger partial charge in [0.2, 0.25) is 0 Å². The van der Waals surface area contributed by atoms with Crippen LogP contribution >= 0.6 is 11.6 Å². The molecule has 0 bridgehead atoms. The number of amides is 4. The fourth-order valence-corrected chi connectivity index (χ4v) is 2.98. The summed E-state index contributed by atoms with van der Waals surface area (Å²) in [6.45, 7) is 0. The van der Waals surface area contributed by atoms with Crippen molar-refractivity contribution < 1.29 is 23.7 Å². The Bertz CT molecular complexity index is 919. The van der Waals surface area contributed by atoms with Gasteiger partial charge in [0.05, 0.1) is 26.8 Å². The van der Waals surface area contributed by atoms with Gasteiger partial charge in [0.1, 0.15) is 12.0 Å². The number of methoxy groups -OCH3 is 1. The van der Waals surface area contributed by atoms with Crippen LogP contribution in [0.1, 0.15) is 10.4 Å². The molecule has 1 aromatic rings. The number of ether oxygens (including phenoxy) is 1. The number of urea groups is 1. The van der Waals surface area contributed by atoms with E-state index in [1.165, 1.54) is 44.1 Å². The number of halogens is 1. The van der Waals surface area contributed by atoms with E-state index in [4.69, 9.17) is 16.3 Å². The van der Waals surface area contributed by atoms with E-state index in [9.17, 15) is 14.4 Å². The molecule has 2 aliphatic heterocycles. The van der Waals surface area contributed by atoms with Crippen LogP contribution in [0.15, 0.2) is 35.0 Å². The summed E-state index contributed by atoms with van der Waals surface area (Å²) in [5.74, 6) is -1.22. The number of carbonyl (C=O) groups excluding carboxylic acids is 3. The first-order valence-corrected chi connectivity index (χ1v) is 8.04. The van der Waals surface area contributed by atoms with Crippen LogP contribution in [-0.4, -0.2) is 60.6 Å². The van der Waals surface area contributed by atoms with Gasteiger partial charge in [-0.1, -0.05) is 11.6 Å². The summed E-state index contributed by atoms with van der Waals surface area (Å²) in [6, 6.07) is 4.18. The third-order valence-corrected chi connectivity index (χ3v) is 4.42. The number of nitrogens with zero attached hydrogens (tertiary/aromatic N) is 3. The Balaban J connectivity index is 1.96. The van der Waals surface area contributed by atoms with Crippen LogP contribution < -0.4 is 10.1 Å². The number of benzene rings is 1. The molecule has 26 heavy (non-hydrogen) atoms. The predicted octanol–water partition coefficient (Wildman–Crippen LogP) is 1.30. The molecule has 4 amide bonds. The smallest absolute Gasteiger partial charge is 0.445 e. The first-order chi connectivity index (χ1) is 12.3. The molecule has 0 fully saturated rings. The Kier molecular flexibility index (Phi) is 4.60. The molecule has 2 aliphatic rings. The van der Waals surface area contributed by atoms with E-state index in [0.29, 0.717) is 16.5 Å². The lowest BCUT2D eigenvalue weighted by Gasteiger charge is -2.26. The molecule has 1 N–H and O–H groups in total. The van der Waals surface area contributed by atoms with Crippen molar-refractivity contribution in [2.24, 2.45) is 10.9 Å². The lowest BCUT2D eigenvalue weighted by atomic mass is 9.97. The molecule has 1 unspecified atom stereocenters. The number of dihydropyridines is 1. The highest BCUT2D eigenvalue weighted by Crippen LogP contribution is 2.25. The second-order valence-electron chi connectivity index (χ2n) is 5.73. The minimum Gasteiger partial charge on any atom is -0.496 e. The van der Waals surface area contributed by atoms with E-state index in [2.05, 4.69) is 10.3 Å². The van der Waals surface area contributed by atoms with Crippen LogP contribution in [0.5, 0.6) is 5.75 Å². The van der Waals surface area contributed by atoms with E-state index in [-0.39, 0.29) is 11.4 Å². The molecule has 0 saturated heterocycles. The van der Waals surface area contributed by atoms with Crippen molar-refractivity contribution in [1.82, 2.24) is 10.2 Å². The molecular weight excluding hydrogens is 360 g/mol. The average Bonchev–Trinajstić information content (AvgIpc) is 2.64. The first kappa shape index (κ1) is 17.8. The summed E-state index contributed by atoms with van der Waals surface area (Å²) in [5.41, 5.74) is 0.546. The predicted molar refractivity (Wildman–Crippen MR) is 94.9 cm³/mol. The molecule has 0 saturated carbocycles. The Morgan fingerprint density at radius 3 is 2.81 bits per heavy atom. The standard InChI is InChI=1S/C17H15ClN4O4/c1-21-14-13(16(24)22(2)17(21)25)11(6-7-19-14)20-15(23)10-8-9(18)4-5-12(10)26-3/h4-8,13H,1-3H3/p+1. The number of imide groups is 1. The third-order valence-electron chi connectivity index (χ3n) is 4.19.